The molecule has 0 aromatic heterocycles. The van der Waals surface area contributed by atoms with Gasteiger partial charge in [0.1, 0.15) is 29.6 Å². The summed E-state index contributed by atoms with van der Waals surface area (Å²) in [6.07, 6.45) is 0.144. The Morgan fingerprint density at radius 3 is 2.21 bits per heavy atom. The van der Waals surface area contributed by atoms with Crippen LogP contribution in [0.5, 0.6) is 5.75 Å². The molecule has 6 nitrogen and oxygen atoms in total. The average Bonchev–Trinajstić information content (AvgIpc) is 2.61. The highest BCUT2D eigenvalue weighted by atomic mass is 35.5. The number of nitrogens with one attached hydrogen (secondary N) is 1. The summed E-state index contributed by atoms with van der Waals surface area (Å²) < 4.78 is 17.0. The molecule has 164 valence electrons. The third-order valence-electron chi connectivity index (χ3n) is 4.46. The number of hydrogen-bond acceptors (Lipinski definition) is 5. The molecule has 0 unspecified atom stereocenters. The summed E-state index contributed by atoms with van der Waals surface area (Å²) >= 11 is 6.24. The van der Waals surface area contributed by atoms with Crippen LogP contribution in [0.15, 0.2) is 24.3 Å². The quantitative estimate of drug-likeness (QED) is 0.536. The highest BCUT2D eigenvalue weighted by Gasteiger charge is 2.32. The largest absolute Gasteiger partial charge is 0.485 e. The molecule has 1 aromatic rings. The van der Waals surface area contributed by atoms with Crippen LogP contribution < -0.4 is 10.1 Å². The molecule has 0 aliphatic heterocycles. The minimum Gasteiger partial charge on any atom is -0.485 e. The van der Waals surface area contributed by atoms with Gasteiger partial charge in [-0.1, -0.05) is 37.6 Å². The maximum atomic E-state index is 12.5. The van der Waals surface area contributed by atoms with Crippen LogP contribution >= 0.6 is 11.6 Å². The summed E-state index contributed by atoms with van der Waals surface area (Å²) in [6, 6.07) is 6.36. The highest BCUT2D eigenvalue weighted by molar-refractivity contribution is 6.32. The van der Waals surface area contributed by atoms with Crippen molar-refractivity contribution in [1.29, 1.82) is 0 Å². The lowest BCUT2D eigenvalue weighted by Crippen LogP contribution is -2.46. The fourth-order valence-corrected chi connectivity index (χ4v) is 3.09. The monoisotopic (exact) mass is 427 g/mol. The second kappa shape index (κ2) is 11.3. The van der Waals surface area contributed by atoms with Crippen molar-refractivity contribution in [1.82, 2.24) is 5.32 Å². The average molecular weight is 428 g/mol. The molecule has 0 aliphatic rings. The van der Waals surface area contributed by atoms with Gasteiger partial charge in [-0.3, -0.25) is 0 Å². The predicted molar refractivity (Wildman–Crippen MR) is 114 cm³/mol. The normalized spacial score (nSPS) is 14.7. The van der Waals surface area contributed by atoms with Crippen molar-refractivity contribution in [2.75, 3.05) is 0 Å². The zero-order valence-electron chi connectivity index (χ0n) is 18.5. The number of benzene rings is 1. The molecule has 29 heavy (non-hydrogen) atoms. The molecule has 1 N–H and O–H groups in total. The molecule has 0 fully saturated rings. The van der Waals surface area contributed by atoms with Crippen LogP contribution in [0.3, 0.4) is 0 Å². The third-order valence-corrected chi connectivity index (χ3v) is 4.78. The Kier molecular flexibility index (Phi) is 9.77. The lowest BCUT2D eigenvalue weighted by atomic mass is 9.93. The van der Waals surface area contributed by atoms with Crippen LogP contribution in [-0.2, 0) is 14.3 Å². The summed E-state index contributed by atoms with van der Waals surface area (Å²) in [6.45, 7) is 12.7. The van der Waals surface area contributed by atoms with Gasteiger partial charge in [0.25, 0.3) is 0 Å². The van der Waals surface area contributed by atoms with Crippen molar-refractivity contribution in [2.24, 2.45) is 5.92 Å². The number of carbonyl (C=O) groups is 2. The van der Waals surface area contributed by atoms with Crippen LogP contribution in [0.4, 0.5) is 4.79 Å². The SMILES string of the molecule is CCC(CC)[C@@H](Oc1ccccc1Cl)[C@H](C)OC(=O)[C@H](C)NC(=O)OC(C)(C)C. The van der Waals surface area contributed by atoms with Gasteiger partial charge in [-0.2, -0.15) is 0 Å². The maximum Gasteiger partial charge on any atom is 0.408 e. The number of halogens is 1. The van der Waals surface area contributed by atoms with E-state index in [1.165, 1.54) is 0 Å². The Hall–Kier alpha value is -1.95. The predicted octanol–water partition coefficient (Wildman–Crippen LogP) is 5.37. The number of amides is 1. The van der Waals surface area contributed by atoms with Gasteiger partial charge in [-0.15, -0.1) is 0 Å². The Morgan fingerprint density at radius 1 is 1.10 bits per heavy atom. The molecule has 7 heteroatoms. The molecule has 1 rings (SSSR count). The van der Waals surface area contributed by atoms with Crippen LogP contribution in [0.25, 0.3) is 0 Å². The van der Waals surface area contributed by atoms with Crippen molar-refractivity contribution in [3.05, 3.63) is 29.3 Å². The van der Waals surface area contributed by atoms with Crippen molar-refractivity contribution in [3.8, 4) is 5.75 Å². The second-order valence-corrected chi connectivity index (χ2v) is 8.51. The zero-order valence-corrected chi connectivity index (χ0v) is 19.2. The van der Waals surface area contributed by atoms with Gasteiger partial charge in [0.15, 0.2) is 0 Å². The van der Waals surface area contributed by atoms with E-state index in [2.05, 4.69) is 19.2 Å². The first kappa shape index (κ1) is 25.1. The molecule has 3 atom stereocenters. The summed E-state index contributed by atoms with van der Waals surface area (Å²) in [4.78, 5) is 24.4. The lowest BCUT2D eigenvalue weighted by Gasteiger charge is -2.32. The molecule has 0 bridgehead atoms. The second-order valence-electron chi connectivity index (χ2n) is 8.10. The summed E-state index contributed by atoms with van der Waals surface area (Å²) in [7, 11) is 0. The van der Waals surface area contributed by atoms with Crippen molar-refractivity contribution < 1.29 is 23.8 Å². The van der Waals surface area contributed by atoms with Gasteiger partial charge < -0.3 is 19.5 Å². The minimum atomic E-state index is -0.852. The van der Waals surface area contributed by atoms with Gasteiger partial charge in [0.2, 0.25) is 0 Å². The number of carbonyl (C=O) groups excluding carboxylic acids is 2. The van der Waals surface area contributed by atoms with Crippen LogP contribution in [-0.4, -0.2) is 35.9 Å². The first-order valence-corrected chi connectivity index (χ1v) is 10.5. The van der Waals surface area contributed by atoms with Gasteiger partial charge in [-0.05, 0) is 65.5 Å². The molecule has 0 saturated heterocycles. The standard InChI is InChI=1S/C22H34ClNO5/c1-8-16(9-2)19(28-18-13-11-10-12-17(18)23)15(4)27-20(25)14(3)24-21(26)29-22(5,6)7/h10-16,19H,8-9H2,1-7H3,(H,24,26)/t14-,15-,19-/m0/s1. The van der Waals surface area contributed by atoms with E-state index in [1.54, 1.807) is 46.8 Å². The smallest absolute Gasteiger partial charge is 0.408 e. The zero-order chi connectivity index (χ0) is 22.2. The van der Waals surface area contributed by atoms with Crippen LogP contribution in [0.1, 0.15) is 61.3 Å². The molecule has 0 aliphatic carbocycles. The first-order valence-electron chi connectivity index (χ1n) is 10.1. The van der Waals surface area contributed by atoms with E-state index >= 15 is 0 Å². The Morgan fingerprint density at radius 2 is 1.69 bits per heavy atom. The molecule has 0 radical (unpaired) electrons. The number of rotatable bonds is 9. The van der Waals surface area contributed by atoms with Crippen molar-refractivity contribution in [2.45, 2.75) is 85.2 Å². The van der Waals surface area contributed by atoms with E-state index in [9.17, 15) is 9.59 Å². The number of hydrogen-bond donors (Lipinski definition) is 1. The lowest BCUT2D eigenvalue weighted by molar-refractivity contribution is -0.156. The van der Waals surface area contributed by atoms with E-state index in [4.69, 9.17) is 25.8 Å². The molecular formula is C22H34ClNO5. The molecule has 0 heterocycles. The third kappa shape index (κ3) is 8.52. The number of esters is 1. The molecule has 0 saturated carbocycles. The highest BCUT2D eigenvalue weighted by Crippen LogP contribution is 2.29. The van der Waals surface area contributed by atoms with E-state index in [0.717, 1.165) is 12.8 Å². The fraction of sp³-hybridized carbons (Fsp3) is 0.636. The summed E-state index contributed by atoms with van der Waals surface area (Å²) in [5, 5.41) is 3.00. The Labute approximate surface area is 179 Å². The van der Waals surface area contributed by atoms with Gasteiger partial charge >= 0.3 is 12.1 Å². The van der Waals surface area contributed by atoms with E-state index in [0.29, 0.717) is 10.8 Å². The van der Waals surface area contributed by atoms with Crippen LogP contribution in [0.2, 0.25) is 5.02 Å². The maximum absolute atomic E-state index is 12.5. The van der Waals surface area contributed by atoms with E-state index < -0.39 is 29.8 Å². The fourth-order valence-electron chi connectivity index (χ4n) is 2.91. The topological polar surface area (TPSA) is 73.9 Å². The first-order chi connectivity index (χ1) is 13.5. The summed E-state index contributed by atoms with van der Waals surface area (Å²) in [5.74, 6) is 0.166. The summed E-state index contributed by atoms with van der Waals surface area (Å²) in [5.41, 5.74) is -0.648. The van der Waals surface area contributed by atoms with Gasteiger partial charge in [0, 0.05) is 0 Å². The minimum absolute atomic E-state index is 0.170. The van der Waals surface area contributed by atoms with Crippen molar-refractivity contribution >= 4 is 23.7 Å². The molecule has 0 spiro atoms. The molecular weight excluding hydrogens is 394 g/mol. The van der Waals surface area contributed by atoms with E-state index in [1.807, 2.05) is 12.1 Å². The van der Waals surface area contributed by atoms with Crippen molar-refractivity contribution in [3.63, 3.8) is 0 Å². The molecule has 1 aromatic carbocycles. The number of ether oxygens (including phenoxy) is 3. The van der Waals surface area contributed by atoms with Gasteiger partial charge in [-0.25, -0.2) is 9.59 Å². The van der Waals surface area contributed by atoms with E-state index in [-0.39, 0.29) is 12.0 Å². The Bertz CT molecular complexity index is 669. The number of alkyl carbamates (subject to hydrolysis) is 1. The Balaban J connectivity index is 2.83. The van der Waals surface area contributed by atoms with Gasteiger partial charge in [0.05, 0.1) is 5.02 Å². The molecule has 1 amide bonds. The number of para-hydroxylation sites is 1. The van der Waals surface area contributed by atoms with Crippen LogP contribution in [0, 0.1) is 5.92 Å².